The number of thioether (sulfide) groups is 1. The van der Waals surface area contributed by atoms with Crippen LogP contribution in [0.2, 0.25) is 0 Å². The normalized spacial score (nSPS) is 27.8. The van der Waals surface area contributed by atoms with E-state index in [1.54, 1.807) is 6.08 Å². The Morgan fingerprint density at radius 2 is 2.00 bits per heavy atom. The summed E-state index contributed by atoms with van der Waals surface area (Å²) < 4.78 is 0. The van der Waals surface area contributed by atoms with Gasteiger partial charge in [-0.25, -0.2) is 0 Å². The minimum atomic E-state index is -0.280. The van der Waals surface area contributed by atoms with Crippen molar-refractivity contribution in [3.05, 3.63) is 40.3 Å². The summed E-state index contributed by atoms with van der Waals surface area (Å²) >= 11 is 0.960. The summed E-state index contributed by atoms with van der Waals surface area (Å²) in [6.45, 7) is 2.54. The Morgan fingerprint density at radius 3 is 2.68 bits per heavy atom. The summed E-state index contributed by atoms with van der Waals surface area (Å²) in [4.78, 5) is 38.6. The minimum absolute atomic E-state index is 0.0414. The first-order valence-corrected chi connectivity index (χ1v) is 10.9. The molecule has 2 saturated carbocycles. The van der Waals surface area contributed by atoms with Crippen molar-refractivity contribution in [2.75, 3.05) is 13.1 Å². The highest BCUT2D eigenvalue weighted by Gasteiger charge is 2.40. The van der Waals surface area contributed by atoms with Crippen molar-refractivity contribution in [3.63, 3.8) is 0 Å². The average Bonchev–Trinajstić information content (AvgIpc) is 3.35. The molecule has 1 aromatic carbocycles. The molecule has 4 rings (SSSR count). The number of rotatable bonds is 6. The van der Waals surface area contributed by atoms with Crippen LogP contribution in [0, 0.1) is 24.7 Å². The Labute approximate surface area is 169 Å². The molecule has 3 atom stereocenters. The first-order chi connectivity index (χ1) is 13.5. The van der Waals surface area contributed by atoms with E-state index in [-0.39, 0.29) is 23.6 Å². The fraction of sp³-hybridized carbons (Fsp3) is 0.500. The number of nitrogens with one attached hydrogen (secondary N) is 1. The molecule has 2 aliphatic carbocycles. The maximum atomic E-state index is 12.5. The lowest BCUT2D eigenvalue weighted by molar-refractivity contribution is -0.124. The molecule has 5 nitrogen and oxygen atoms in total. The summed E-state index contributed by atoms with van der Waals surface area (Å²) in [5.74, 6) is 1.84. The third kappa shape index (κ3) is 4.17. The molecule has 2 bridgehead atoms. The Balaban J connectivity index is 1.26. The van der Waals surface area contributed by atoms with E-state index in [2.05, 4.69) is 5.32 Å². The van der Waals surface area contributed by atoms with E-state index in [1.807, 2.05) is 31.2 Å². The van der Waals surface area contributed by atoms with Gasteiger partial charge in [0, 0.05) is 19.5 Å². The zero-order valence-corrected chi connectivity index (χ0v) is 17.0. The molecule has 0 unspecified atom stereocenters. The van der Waals surface area contributed by atoms with Gasteiger partial charge in [0.2, 0.25) is 5.91 Å². The maximum absolute atomic E-state index is 12.5. The van der Waals surface area contributed by atoms with Crippen LogP contribution in [0.5, 0.6) is 0 Å². The fourth-order valence-corrected chi connectivity index (χ4v) is 5.62. The lowest BCUT2D eigenvalue weighted by Crippen LogP contribution is -2.38. The van der Waals surface area contributed by atoms with Gasteiger partial charge in [0.05, 0.1) is 4.91 Å². The third-order valence-corrected chi connectivity index (χ3v) is 7.15. The number of imide groups is 1. The van der Waals surface area contributed by atoms with Crippen molar-refractivity contribution < 1.29 is 14.4 Å². The van der Waals surface area contributed by atoms with Gasteiger partial charge in [-0.15, -0.1) is 0 Å². The molecule has 1 N–H and O–H groups in total. The SMILES string of the molecule is Cc1ccc(/C=C2\SC(=O)N(CCNC(=O)C[C@H]3C[C@H]4CC[C@@H]3C4)C2=O)cc1. The summed E-state index contributed by atoms with van der Waals surface area (Å²) in [7, 11) is 0. The van der Waals surface area contributed by atoms with Crippen molar-refractivity contribution in [3.8, 4) is 0 Å². The van der Waals surface area contributed by atoms with Crippen LogP contribution in [0.15, 0.2) is 29.2 Å². The molecule has 0 spiro atoms. The molecule has 6 heteroatoms. The van der Waals surface area contributed by atoms with Crippen molar-refractivity contribution in [1.29, 1.82) is 0 Å². The molecule has 1 saturated heterocycles. The monoisotopic (exact) mass is 398 g/mol. The molecule has 0 aromatic heterocycles. The van der Waals surface area contributed by atoms with Gasteiger partial charge < -0.3 is 5.32 Å². The van der Waals surface area contributed by atoms with E-state index in [0.717, 1.165) is 34.7 Å². The number of amides is 3. The van der Waals surface area contributed by atoms with Crippen molar-refractivity contribution >= 4 is 34.9 Å². The summed E-state index contributed by atoms with van der Waals surface area (Å²) in [6.07, 6.45) is 7.41. The van der Waals surface area contributed by atoms with Crippen LogP contribution in [0.1, 0.15) is 43.2 Å². The first kappa shape index (κ1) is 19.2. The minimum Gasteiger partial charge on any atom is -0.354 e. The maximum Gasteiger partial charge on any atom is 0.293 e. The Hall–Kier alpha value is -2.08. The van der Waals surface area contributed by atoms with E-state index in [9.17, 15) is 14.4 Å². The van der Waals surface area contributed by atoms with E-state index in [1.165, 1.54) is 30.6 Å². The van der Waals surface area contributed by atoms with Crippen LogP contribution < -0.4 is 5.32 Å². The molecule has 3 amide bonds. The van der Waals surface area contributed by atoms with Gasteiger partial charge in [-0.2, -0.15) is 0 Å². The number of hydrogen-bond donors (Lipinski definition) is 1. The Bertz CT molecular complexity index is 818. The van der Waals surface area contributed by atoms with E-state index in [0.29, 0.717) is 23.8 Å². The largest absolute Gasteiger partial charge is 0.354 e. The average molecular weight is 399 g/mol. The number of hydrogen-bond acceptors (Lipinski definition) is 4. The molecule has 148 valence electrons. The van der Waals surface area contributed by atoms with Crippen LogP contribution in [-0.2, 0) is 9.59 Å². The third-order valence-electron chi connectivity index (χ3n) is 6.24. The second kappa shape index (κ2) is 8.11. The van der Waals surface area contributed by atoms with Crippen LogP contribution in [0.3, 0.4) is 0 Å². The smallest absolute Gasteiger partial charge is 0.293 e. The molecular weight excluding hydrogens is 372 g/mol. The number of fused-ring (bicyclic) bond motifs is 2. The molecule has 1 aliphatic heterocycles. The van der Waals surface area contributed by atoms with Crippen LogP contribution in [-0.4, -0.2) is 35.0 Å². The number of nitrogens with zero attached hydrogens (tertiary/aromatic N) is 1. The highest BCUT2D eigenvalue weighted by Crippen LogP contribution is 2.49. The van der Waals surface area contributed by atoms with Gasteiger partial charge in [0.25, 0.3) is 11.1 Å². The van der Waals surface area contributed by atoms with E-state index < -0.39 is 0 Å². The van der Waals surface area contributed by atoms with Crippen LogP contribution >= 0.6 is 11.8 Å². The predicted octanol–water partition coefficient (Wildman–Crippen LogP) is 3.97. The quantitative estimate of drug-likeness (QED) is 0.736. The first-order valence-electron chi connectivity index (χ1n) is 10.1. The van der Waals surface area contributed by atoms with Crippen molar-refractivity contribution in [2.24, 2.45) is 17.8 Å². The second-order valence-corrected chi connectivity index (χ2v) is 9.23. The summed E-state index contributed by atoms with van der Waals surface area (Å²) in [6, 6.07) is 7.81. The lowest BCUT2D eigenvalue weighted by atomic mass is 9.86. The van der Waals surface area contributed by atoms with Gasteiger partial charge in [-0.05, 0) is 67.3 Å². The molecule has 1 aromatic rings. The molecule has 28 heavy (non-hydrogen) atoms. The molecular formula is C22H26N2O3S. The Kier molecular flexibility index (Phi) is 5.58. The van der Waals surface area contributed by atoms with Crippen molar-refractivity contribution in [1.82, 2.24) is 10.2 Å². The molecule has 3 aliphatic rings. The topological polar surface area (TPSA) is 66.5 Å². The predicted molar refractivity (Wildman–Crippen MR) is 110 cm³/mol. The number of benzene rings is 1. The number of carbonyl (C=O) groups excluding carboxylic acids is 3. The van der Waals surface area contributed by atoms with E-state index >= 15 is 0 Å². The molecule has 1 heterocycles. The molecule has 3 fully saturated rings. The zero-order valence-electron chi connectivity index (χ0n) is 16.1. The van der Waals surface area contributed by atoms with Crippen molar-refractivity contribution in [2.45, 2.75) is 39.0 Å². The van der Waals surface area contributed by atoms with Crippen LogP contribution in [0.25, 0.3) is 6.08 Å². The van der Waals surface area contributed by atoms with Crippen LogP contribution in [0.4, 0.5) is 4.79 Å². The fourth-order valence-electron chi connectivity index (χ4n) is 4.75. The number of aryl methyl sites for hydroxylation is 1. The van der Waals surface area contributed by atoms with Gasteiger partial charge >= 0.3 is 0 Å². The lowest BCUT2D eigenvalue weighted by Gasteiger charge is -2.21. The van der Waals surface area contributed by atoms with E-state index in [4.69, 9.17) is 0 Å². The number of carbonyl (C=O) groups is 3. The van der Waals surface area contributed by atoms with Gasteiger partial charge in [0.15, 0.2) is 0 Å². The second-order valence-electron chi connectivity index (χ2n) is 8.23. The summed E-state index contributed by atoms with van der Waals surface area (Å²) in [5, 5.41) is 2.62. The Morgan fingerprint density at radius 1 is 1.21 bits per heavy atom. The summed E-state index contributed by atoms with van der Waals surface area (Å²) in [5.41, 5.74) is 2.04. The van der Waals surface area contributed by atoms with Gasteiger partial charge in [-0.3, -0.25) is 19.3 Å². The molecule has 0 radical (unpaired) electrons. The standard InChI is InChI=1S/C22H26N2O3S/c1-14-2-4-15(5-3-14)12-19-21(26)24(22(27)28-19)9-8-23-20(25)13-18-11-16-6-7-17(18)10-16/h2-5,12,16-18H,6-11,13H2,1H3,(H,23,25)/b19-12-/t16-,17+,18+/m0/s1. The highest BCUT2D eigenvalue weighted by molar-refractivity contribution is 8.18. The zero-order chi connectivity index (χ0) is 19.7. The highest BCUT2D eigenvalue weighted by atomic mass is 32.2. The van der Waals surface area contributed by atoms with Gasteiger partial charge in [0.1, 0.15) is 0 Å². The van der Waals surface area contributed by atoms with Gasteiger partial charge in [-0.1, -0.05) is 36.2 Å².